The Morgan fingerprint density at radius 2 is 1.83 bits per heavy atom. The molecule has 2 aromatic carbocycles. The molecule has 3 rings (SSSR count). The van der Waals surface area contributed by atoms with Crippen LogP contribution in [0.1, 0.15) is 21.5 Å². The third kappa shape index (κ3) is 4.38. The van der Waals surface area contributed by atoms with Gasteiger partial charge in [-0.25, -0.2) is 8.42 Å². The predicted octanol–water partition coefficient (Wildman–Crippen LogP) is 2.48. The Bertz CT molecular complexity index is 1060. The number of nitro groups is 1. The van der Waals surface area contributed by atoms with Crippen molar-refractivity contribution < 1.29 is 22.9 Å². The number of para-hydroxylation sites is 1. The summed E-state index contributed by atoms with van der Waals surface area (Å²) in [6, 6.07) is 8.64. The summed E-state index contributed by atoms with van der Waals surface area (Å²) in [4.78, 5) is 24.8. The lowest BCUT2D eigenvalue weighted by atomic mass is 10.1. The fourth-order valence-corrected chi connectivity index (χ4v) is 4.51. The summed E-state index contributed by atoms with van der Waals surface area (Å²) in [6.07, 6.45) is 0. The summed E-state index contributed by atoms with van der Waals surface area (Å²) in [5.41, 5.74) is 0.897. The van der Waals surface area contributed by atoms with E-state index in [0.29, 0.717) is 37.4 Å². The summed E-state index contributed by atoms with van der Waals surface area (Å²) in [5, 5.41) is 11.2. The quantitative estimate of drug-likeness (QED) is 0.587. The molecule has 1 fully saturated rings. The lowest BCUT2D eigenvalue weighted by Gasteiger charge is -2.27. The lowest BCUT2D eigenvalue weighted by molar-refractivity contribution is -0.385. The molecule has 10 heteroatoms. The molecule has 9 nitrogen and oxygen atoms in total. The van der Waals surface area contributed by atoms with Crippen molar-refractivity contribution in [2.75, 3.05) is 31.0 Å². The van der Waals surface area contributed by atoms with Crippen molar-refractivity contribution in [2.24, 2.45) is 0 Å². The second-order valence-corrected chi connectivity index (χ2v) is 8.35. The maximum absolute atomic E-state index is 13.0. The highest BCUT2D eigenvalue weighted by molar-refractivity contribution is 7.92. The molecule has 0 aromatic heterocycles. The lowest BCUT2D eigenvalue weighted by Crippen LogP contribution is -2.41. The first kappa shape index (κ1) is 20.7. The number of anilines is 1. The molecule has 0 radical (unpaired) electrons. The minimum atomic E-state index is -4.16. The summed E-state index contributed by atoms with van der Waals surface area (Å²) in [6.45, 7) is 4.87. The van der Waals surface area contributed by atoms with E-state index in [1.807, 2.05) is 0 Å². The summed E-state index contributed by atoms with van der Waals surface area (Å²) < 4.78 is 33.7. The number of hydrogen-bond acceptors (Lipinski definition) is 6. The average molecular weight is 419 g/mol. The molecular weight excluding hydrogens is 398 g/mol. The Morgan fingerprint density at radius 1 is 1.17 bits per heavy atom. The van der Waals surface area contributed by atoms with Crippen LogP contribution in [0.25, 0.3) is 0 Å². The molecule has 0 atom stereocenters. The summed E-state index contributed by atoms with van der Waals surface area (Å²) in [5.74, 6) is -0.307. The first-order valence-corrected chi connectivity index (χ1v) is 10.4. The van der Waals surface area contributed by atoms with E-state index in [0.717, 1.165) is 6.07 Å². The molecule has 1 N–H and O–H groups in total. The van der Waals surface area contributed by atoms with E-state index in [9.17, 15) is 23.3 Å². The number of nitro benzene ring substituents is 1. The smallest absolute Gasteiger partial charge is 0.271 e. The van der Waals surface area contributed by atoms with E-state index in [-0.39, 0.29) is 27.7 Å². The first-order chi connectivity index (χ1) is 13.7. The molecule has 0 spiro atoms. The summed E-state index contributed by atoms with van der Waals surface area (Å²) in [7, 11) is -4.16. The van der Waals surface area contributed by atoms with Gasteiger partial charge in [0.05, 0.1) is 34.3 Å². The topological polar surface area (TPSA) is 119 Å². The molecular formula is C19H21N3O6S. The zero-order valence-electron chi connectivity index (χ0n) is 16.0. The molecule has 1 aliphatic rings. The third-order valence-corrected chi connectivity index (χ3v) is 6.30. The van der Waals surface area contributed by atoms with Crippen molar-refractivity contribution >= 4 is 27.3 Å². The number of carbonyl (C=O) groups excluding carboxylic acids is 1. The molecule has 29 heavy (non-hydrogen) atoms. The SMILES string of the molecule is Cc1cc([N+](=O)[O-])cc(S(=O)(=O)Nc2ccccc2C(=O)N2CCOCC2)c1C. The van der Waals surface area contributed by atoms with Gasteiger partial charge < -0.3 is 9.64 Å². The van der Waals surface area contributed by atoms with Gasteiger partial charge in [-0.15, -0.1) is 0 Å². The highest BCUT2D eigenvalue weighted by Gasteiger charge is 2.26. The highest BCUT2D eigenvalue weighted by Crippen LogP contribution is 2.28. The standard InChI is InChI=1S/C19H21N3O6S/c1-13-11-15(22(24)25)12-18(14(13)2)29(26,27)20-17-6-4-3-5-16(17)19(23)21-7-9-28-10-8-21/h3-6,11-12,20H,7-10H2,1-2H3. The van der Waals surface area contributed by atoms with E-state index in [4.69, 9.17) is 4.74 Å². The van der Waals surface area contributed by atoms with E-state index < -0.39 is 14.9 Å². The number of nitrogens with zero attached hydrogens (tertiary/aromatic N) is 2. The van der Waals surface area contributed by atoms with Gasteiger partial charge in [0.15, 0.2) is 0 Å². The van der Waals surface area contributed by atoms with Gasteiger partial charge in [-0.3, -0.25) is 19.6 Å². The number of aryl methyl sites for hydroxylation is 1. The summed E-state index contributed by atoms with van der Waals surface area (Å²) >= 11 is 0. The molecule has 1 saturated heterocycles. The van der Waals surface area contributed by atoms with Gasteiger partial charge >= 0.3 is 0 Å². The molecule has 0 bridgehead atoms. The van der Waals surface area contributed by atoms with Gasteiger partial charge in [0.2, 0.25) is 0 Å². The third-order valence-electron chi connectivity index (χ3n) is 4.80. The number of nitrogens with one attached hydrogen (secondary N) is 1. The van der Waals surface area contributed by atoms with Gasteiger partial charge in [-0.2, -0.15) is 0 Å². The monoisotopic (exact) mass is 419 g/mol. The Hall–Kier alpha value is -2.98. The molecule has 0 unspecified atom stereocenters. The number of rotatable bonds is 5. The van der Waals surface area contributed by atoms with E-state index in [1.54, 1.807) is 36.9 Å². The number of sulfonamides is 1. The minimum Gasteiger partial charge on any atom is -0.378 e. The van der Waals surface area contributed by atoms with Crippen molar-refractivity contribution in [1.82, 2.24) is 4.90 Å². The van der Waals surface area contributed by atoms with Crippen molar-refractivity contribution in [1.29, 1.82) is 0 Å². The van der Waals surface area contributed by atoms with Crippen molar-refractivity contribution in [2.45, 2.75) is 18.7 Å². The van der Waals surface area contributed by atoms with Crippen LogP contribution in [0.2, 0.25) is 0 Å². The van der Waals surface area contributed by atoms with Gasteiger partial charge in [0.25, 0.3) is 21.6 Å². The fraction of sp³-hybridized carbons (Fsp3) is 0.316. The Labute approximate surface area is 168 Å². The van der Waals surface area contributed by atoms with Crippen LogP contribution in [0.3, 0.4) is 0 Å². The van der Waals surface area contributed by atoms with E-state index >= 15 is 0 Å². The zero-order valence-corrected chi connectivity index (χ0v) is 16.9. The normalized spacial score (nSPS) is 14.5. The number of carbonyl (C=O) groups is 1. The zero-order chi connectivity index (χ0) is 21.2. The second kappa shape index (κ2) is 8.18. The van der Waals surface area contributed by atoms with Crippen LogP contribution in [0.5, 0.6) is 0 Å². The van der Waals surface area contributed by atoms with Crippen LogP contribution >= 0.6 is 0 Å². The van der Waals surface area contributed by atoms with Crippen LogP contribution in [0.4, 0.5) is 11.4 Å². The van der Waals surface area contributed by atoms with Crippen LogP contribution in [0, 0.1) is 24.0 Å². The second-order valence-electron chi connectivity index (χ2n) is 6.70. The minimum absolute atomic E-state index is 0.118. The van der Waals surface area contributed by atoms with Crippen LogP contribution in [-0.4, -0.2) is 50.5 Å². The van der Waals surface area contributed by atoms with Gasteiger partial charge in [0, 0.05) is 25.2 Å². The van der Waals surface area contributed by atoms with Gasteiger partial charge in [-0.1, -0.05) is 12.1 Å². The molecule has 2 aromatic rings. The largest absolute Gasteiger partial charge is 0.378 e. The Balaban J connectivity index is 1.98. The van der Waals surface area contributed by atoms with Crippen molar-refractivity contribution in [3.8, 4) is 0 Å². The molecule has 1 heterocycles. The maximum Gasteiger partial charge on any atom is 0.271 e. The van der Waals surface area contributed by atoms with Crippen LogP contribution in [0.15, 0.2) is 41.3 Å². The molecule has 1 amide bonds. The Kier molecular flexibility index (Phi) is 5.85. The van der Waals surface area contributed by atoms with E-state index in [1.165, 1.54) is 12.1 Å². The average Bonchev–Trinajstić information content (AvgIpc) is 2.70. The van der Waals surface area contributed by atoms with Crippen molar-refractivity contribution in [3.63, 3.8) is 0 Å². The fourth-order valence-electron chi connectivity index (χ4n) is 3.09. The molecule has 1 aliphatic heterocycles. The van der Waals surface area contributed by atoms with E-state index in [2.05, 4.69) is 4.72 Å². The molecule has 0 saturated carbocycles. The molecule has 154 valence electrons. The molecule has 0 aliphatic carbocycles. The number of amides is 1. The Morgan fingerprint density at radius 3 is 2.48 bits per heavy atom. The number of ether oxygens (including phenoxy) is 1. The van der Waals surface area contributed by atoms with Crippen molar-refractivity contribution in [3.05, 3.63) is 63.2 Å². The number of morpholine rings is 1. The highest BCUT2D eigenvalue weighted by atomic mass is 32.2. The number of hydrogen-bond donors (Lipinski definition) is 1. The van der Waals surface area contributed by atoms with Gasteiger partial charge in [-0.05, 0) is 37.1 Å². The number of non-ortho nitro benzene ring substituents is 1. The first-order valence-electron chi connectivity index (χ1n) is 8.95. The van der Waals surface area contributed by atoms with Gasteiger partial charge in [0.1, 0.15) is 0 Å². The maximum atomic E-state index is 13.0. The number of benzene rings is 2. The predicted molar refractivity (Wildman–Crippen MR) is 107 cm³/mol. The van der Waals surface area contributed by atoms with Crippen LogP contribution in [-0.2, 0) is 14.8 Å². The van der Waals surface area contributed by atoms with Crippen LogP contribution < -0.4 is 4.72 Å².